The molecule has 0 aromatic rings. The lowest BCUT2D eigenvalue weighted by atomic mass is 9.96. The minimum Gasteiger partial charge on any atom is -0.480 e. The van der Waals surface area contributed by atoms with Gasteiger partial charge >= 0.3 is 5.97 Å². The van der Waals surface area contributed by atoms with Crippen LogP contribution < -0.4 is 22.1 Å². The van der Waals surface area contributed by atoms with E-state index in [1.807, 2.05) is 20.8 Å². The summed E-state index contributed by atoms with van der Waals surface area (Å²) in [5.41, 5.74) is 10.9. The molecule has 0 spiro atoms. The average molecular weight is 470 g/mol. The molecule has 5 unspecified atom stereocenters. The van der Waals surface area contributed by atoms with E-state index in [0.717, 1.165) is 0 Å². The van der Waals surface area contributed by atoms with Crippen LogP contribution in [-0.2, 0) is 24.0 Å². The zero-order valence-electron chi connectivity index (χ0n) is 20.0. The summed E-state index contributed by atoms with van der Waals surface area (Å²) in [6.45, 7) is 7.77. The van der Waals surface area contributed by atoms with Crippen molar-refractivity contribution in [3.05, 3.63) is 0 Å². The Balaban J connectivity index is 2.99. The van der Waals surface area contributed by atoms with E-state index >= 15 is 0 Å². The van der Waals surface area contributed by atoms with Crippen LogP contribution in [0.1, 0.15) is 66.2 Å². The van der Waals surface area contributed by atoms with E-state index in [1.54, 1.807) is 6.92 Å². The van der Waals surface area contributed by atoms with Crippen molar-refractivity contribution in [3.8, 4) is 0 Å². The number of aliphatic carboxylic acids is 1. The van der Waals surface area contributed by atoms with Crippen LogP contribution in [0.3, 0.4) is 0 Å². The number of carbonyl (C=O) groups excluding carboxylic acids is 4. The first-order valence-electron chi connectivity index (χ1n) is 11.6. The zero-order chi connectivity index (χ0) is 25.3. The van der Waals surface area contributed by atoms with Crippen molar-refractivity contribution in [2.45, 2.75) is 90.4 Å². The Morgan fingerprint density at radius 1 is 1.09 bits per heavy atom. The Morgan fingerprint density at radius 3 is 2.24 bits per heavy atom. The minimum absolute atomic E-state index is 0.0516. The number of carboxylic acids is 1. The van der Waals surface area contributed by atoms with Crippen molar-refractivity contribution < 1.29 is 29.1 Å². The monoisotopic (exact) mass is 469 g/mol. The molecule has 7 N–H and O–H groups in total. The number of carbonyl (C=O) groups is 5. The number of rotatable bonds is 13. The van der Waals surface area contributed by atoms with E-state index < -0.39 is 53.8 Å². The van der Waals surface area contributed by atoms with Gasteiger partial charge in [-0.3, -0.25) is 19.2 Å². The summed E-state index contributed by atoms with van der Waals surface area (Å²) in [6.07, 6.45) is 1.85. The molecule has 188 valence electrons. The minimum atomic E-state index is -1.06. The van der Waals surface area contributed by atoms with E-state index in [-0.39, 0.29) is 24.7 Å². The van der Waals surface area contributed by atoms with Gasteiger partial charge in [0.15, 0.2) is 0 Å². The second-order valence-corrected chi connectivity index (χ2v) is 9.20. The molecule has 0 aromatic carbocycles. The Labute approximate surface area is 195 Å². The van der Waals surface area contributed by atoms with Gasteiger partial charge in [0.25, 0.3) is 0 Å². The summed E-state index contributed by atoms with van der Waals surface area (Å²) in [6, 6.07) is -3.77. The summed E-state index contributed by atoms with van der Waals surface area (Å²) in [5, 5.41) is 14.8. The van der Waals surface area contributed by atoms with Crippen LogP contribution >= 0.6 is 0 Å². The fourth-order valence-corrected chi connectivity index (χ4v) is 3.83. The van der Waals surface area contributed by atoms with Gasteiger partial charge < -0.3 is 32.1 Å². The molecule has 1 saturated heterocycles. The van der Waals surface area contributed by atoms with Crippen LogP contribution in [0.5, 0.6) is 0 Å². The van der Waals surface area contributed by atoms with Crippen molar-refractivity contribution >= 4 is 29.6 Å². The van der Waals surface area contributed by atoms with Crippen molar-refractivity contribution in [1.82, 2.24) is 15.5 Å². The number of amides is 4. The molecule has 11 nitrogen and oxygen atoms in total. The smallest absolute Gasteiger partial charge is 0.326 e. The molecule has 11 heteroatoms. The molecular formula is C22H39N5O6. The first-order chi connectivity index (χ1) is 15.4. The van der Waals surface area contributed by atoms with Crippen LogP contribution in [0.2, 0.25) is 0 Å². The molecule has 4 amide bonds. The Bertz CT molecular complexity index is 728. The van der Waals surface area contributed by atoms with Crippen molar-refractivity contribution in [1.29, 1.82) is 0 Å². The number of nitrogens with two attached hydrogens (primary N) is 2. The molecule has 0 saturated carbocycles. The van der Waals surface area contributed by atoms with Crippen molar-refractivity contribution in [2.24, 2.45) is 23.3 Å². The predicted octanol–water partition coefficient (Wildman–Crippen LogP) is -0.283. The van der Waals surface area contributed by atoms with Gasteiger partial charge in [0.1, 0.15) is 18.1 Å². The molecule has 1 heterocycles. The van der Waals surface area contributed by atoms with Crippen LogP contribution in [0.25, 0.3) is 0 Å². The summed E-state index contributed by atoms with van der Waals surface area (Å²) in [5.74, 6) is -3.40. The van der Waals surface area contributed by atoms with Gasteiger partial charge in [0.05, 0.1) is 6.04 Å². The maximum absolute atomic E-state index is 13.2. The fraction of sp³-hybridized carbons (Fsp3) is 0.773. The standard InChI is InChI=1S/C22H39N5O6/c1-5-13(4)18(26-19(29)14(23)8-9-17(24)28)20(30)25-15(11-12(2)3)21(31)27-10-6-7-16(27)22(32)33/h12-16,18H,5-11,23H2,1-4H3,(H2,24,28)(H,25,30)(H,26,29)(H,32,33). The maximum atomic E-state index is 13.2. The summed E-state index contributed by atoms with van der Waals surface area (Å²) >= 11 is 0. The number of nitrogens with zero attached hydrogens (tertiary/aromatic N) is 1. The van der Waals surface area contributed by atoms with Gasteiger partial charge in [-0.05, 0) is 37.5 Å². The summed E-state index contributed by atoms with van der Waals surface area (Å²) in [7, 11) is 0. The lowest BCUT2D eigenvalue weighted by molar-refractivity contribution is -0.149. The highest BCUT2D eigenvalue weighted by Crippen LogP contribution is 2.21. The largest absolute Gasteiger partial charge is 0.480 e. The van der Waals surface area contributed by atoms with Crippen LogP contribution in [0.15, 0.2) is 0 Å². The summed E-state index contributed by atoms with van der Waals surface area (Å²) < 4.78 is 0. The fourth-order valence-electron chi connectivity index (χ4n) is 3.83. The second kappa shape index (κ2) is 13.1. The highest BCUT2D eigenvalue weighted by molar-refractivity contribution is 5.94. The zero-order valence-corrected chi connectivity index (χ0v) is 20.0. The van der Waals surface area contributed by atoms with Gasteiger partial charge in [-0.2, -0.15) is 0 Å². The number of primary amides is 1. The molecule has 33 heavy (non-hydrogen) atoms. The molecule has 1 rings (SSSR count). The first kappa shape index (κ1) is 28.3. The molecular weight excluding hydrogens is 430 g/mol. The van der Waals surface area contributed by atoms with E-state index in [9.17, 15) is 29.1 Å². The summed E-state index contributed by atoms with van der Waals surface area (Å²) in [4.78, 5) is 62.6. The first-order valence-corrected chi connectivity index (χ1v) is 11.6. The quantitative estimate of drug-likeness (QED) is 0.245. The van der Waals surface area contributed by atoms with Gasteiger partial charge in [-0.15, -0.1) is 0 Å². The normalized spacial score (nSPS) is 19.5. The third kappa shape index (κ3) is 8.64. The molecule has 1 aliphatic heterocycles. The van der Waals surface area contributed by atoms with Crippen LogP contribution in [0.4, 0.5) is 0 Å². The highest BCUT2D eigenvalue weighted by atomic mass is 16.4. The maximum Gasteiger partial charge on any atom is 0.326 e. The molecule has 1 fully saturated rings. The second-order valence-electron chi connectivity index (χ2n) is 9.20. The Morgan fingerprint density at radius 2 is 1.73 bits per heavy atom. The lowest BCUT2D eigenvalue weighted by Crippen LogP contribution is -2.58. The topological polar surface area (TPSA) is 185 Å². The van der Waals surface area contributed by atoms with Crippen molar-refractivity contribution in [3.63, 3.8) is 0 Å². The van der Waals surface area contributed by atoms with E-state index in [4.69, 9.17) is 11.5 Å². The number of carboxylic acid groups (broad SMARTS) is 1. The molecule has 0 bridgehead atoms. The van der Waals surface area contributed by atoms with E-state index in [2.05, 4.69) is 10.6 Å². The van der Waals surface area contributed by atoms with Gasteiger partial charge in [0.2, 0.25) is 23.6 Å². The third-order valence-electron chi connectivity index (χ3n) is 5.97. The Kier molecular flexibility index (Phi) is 11.3. The third-order valence-corrected chi connectivity index (χ3v) is 5.97. The average Bonchev–Trinajstić information content (AvgIpc) is 3.23. The van der Waals surface area contributed by atoms with Gasteiger partial charge in [-0.1, -0.05) is 34.1 Å². The Hall–Kier alpha value is -2.69. The van der Waals surface area contributed by atoms with E-state index in [0.29, 0.717) is 32.2 Å². The number of nitrogens with one attached hydrogen (secondary N) is 2. The van der Waals surface area contributed by atoms with Crippen LogP contribution in [0, 0.1) is 11.8 Å². The number of hydrogen-bond donors (Lipinski definition) is 5. The van der Waals surface area contributed by atoms with Crippen molar-refractivity contribution in [2.75, 3.05) is 6.54 Å². The number of likely N-dealkylation sites (tertiary alicyclic amines) is 1. The van der Waals surface area contributed by atoms with Gasteiger partial charge in [-0.25, -0.2) is 4.79 Å². The van der Waals surface area contributed by atoms with E-state index in [1.165, 1.54) is 4.90 Å². The predicted molar refractivity (Wildman–Crippen MR) is 122 cm³/mol. The SMILES string of the molecule is CCC(C)C(NC(=O)C(N)CCC(N)=O)C(=O)NC(CC(C)C)C(=O)N1CCCC1C(=O)O. The molecule has 0 aromatic heterocycles. The molecule has 1 aliphatic rings. The molecule has 0 radical (unpaired) electrons. The number of hydrogen-bond acceptors (Lipinski definition) is 6. The highest BCUT2D eigenvalue weighted by Gasteiger charge is 2.39. The molecule has 5 atom stereocenters. The molecule has 0 aliphatic carbocycles. The van der Waals surface area contributed by atoms with Gasteiger partial charge in [0, 0.05) is 13.0 Å². The lowest BCUT2D eigenvalue weighted by Gasteiger charge is -2.31. The van der Waals surface area contributed by atoms with Crippen LogP contribution in [-0.4, -0.2) is 70.3 Å².